The van der Waals surface area contributed by atoms with Gasteiger partial charge in [0.1, 0.15) is 5.75 Å². The number of methoxy groups -OCH3 is 1. The Hall–Kier alpha value is -2.77. The number of carbonyl (C=O) groups excluding carboxylic acids is 1. The second-order valence-electron chi connectivity index (χ2n) is 5.34. The summed E-state index contributed by atoms with van der Waals surface area (Å²) in [4.78, 5) is 31.1. The number of carbonyl (C=O) groups is 1. The number of anilines is 1. The molecule has 27 heavy (non-hydrogen) atoms. The molecular weight excluding hydrogens is 386 g/mol. The summed E-state index contributed by atoms with van der Waals surface area (Å²) >= 11 is 1.16. The normalized spacial score (nSPS) is 9.96. The van der Waals surface area contributed by atoms with E-state index in [4.69, 9.17) is 4.74 Å². The van der Waals surface area contributed by atoms with E-state index in [0.717, 1.165) is 17.3 Å². The molecule has 0 saturated carbocycles. The monoisotopic (exact) mass is 403 g/mol. The number of halogens is 1. The number of benzene rings is 2. The maximum Gasteiger partial charge on any atom is 0.252 e. The summed E-state index contributed by atoms with van der Waals surface area (Å²) in [7, 11) is 1.55. The van der Waals surface area contributed by atoms with Gasteiger partial charge >= 0.3 is 0 Å². The number of nitrogens with zero attached hydrogens (tertiary/aromatic N) is 1. The number of thioether (sulfide) groups is 1. The van der Waals surface area contributed by atoms with E-state index in [1.165, 1.54) is 6.07 Å². The molecule has 0 atom stereocenters. The molecule has 2 aromatic carbocycles. The van der Waals surface area contributed by atoms with Crippen LogP contribution in [0.25, 0.3) is 11.3 Å². The van der Waals surface area contributed by atoms with Crippen molar-refractivity contribution in [1.29, 1.82) is 0 Å². The van der Waals surface area contributed by atoms with Crippen LogP contribution in [0.5, 0.6) is 5.75 Å². The number of rotatable bonds is 6. The van der Waals surface area contributed by atoms with Gasteiger partial charge in [-0.2, -0.15) is 0 Å². The molecule has 0 unspecified atom stereocenters. The topological polar surface area (TPSA) is 84.1 Å². The van der Waals surface area contributed by atoms with Crippen LogP contribution in [0, 0.1) is 0 Å². The van der Waals surface area contributed by atoms with Crippen LogP contribution in [-0.2, 0) is 4.79 Å². The molecule has 3 aromatic rings. The number of aromatic nitrogens is 2. The SMILES string of the molecule is COc1ccccc1NC(=O)CSc1nc(-c2ccccc2)cc(=O)[nH]1.Cl. The Morgan fingerprint density at radius 2 is 1.85 bits per heavy atom. The largest absolute Gasteiger partial charge is 0.495 e. The zero-order chi connectivity index (χ0) is 18.4. The van der Waals surface area contributed by atoms with E-state index in [1.54, 1.807) is 19.2 Å². The van der Waals surface area contributed by atoms with Crippen molar-refractivity contribution >= 4 is 35.8 Å². The van der Waals surface area contributed by atoms with Crippen LogP contribution < -0.4 is 15.6 Å². The molecule has 0 radical (unpaired) electrons. The Balaban J connectivity index is 0.00000261. The van der Waals surface area contributed by atoms with Crippen molar-refractivity contribution in [2.75, 3.05) is 18.2 Å². The summed E-state index contributed by atoms with van der Waals surface area (Å²) < 4.78 is 5.21. The highest BCUT2D eigenvalue weighted by Gasteiger charge is 2.10. The molecule has 0 saturated heterocycles. The minimum Gasteiger partial charge on any atom is -0.495 e. The van der Waals surface area contributed by atoms with Gasteiger partial charge in [-0.05, 0) is 12.1 Å². The van der Waals surface area contributed by atoms with E-state index in [0.29, 0.717) is 22.3 Å². The number of nitrogens with one attached hydrogen (secondary N) is 2. The minimum absolute atomic E-state index is 0. The molecule has 8 heteroatoms. The third-order valence-electron chi connectivity index (χ3n) is 3.51. The van der Waals surface area contributed by atoms with Crippen LogP contribution in [0.2, 0.25) is 0 Å². The van der Waals surface area contributed by atoms with Gasteiger partial charge < -0.3 is 15.0 Å². The van der Waals surface area contributed by atoms with E-state index in [-0.39, 0.29) is 29.6 Å². The third kappa shape index (κ3) is 5.60. The Kier molecular flexibility index (Phi) is 7.45. The van der Waals surface area contributed by atoms with Gasteiger partial charge in [0.25, 0.3) is 5.56 Å². The van der Waals surface area contributed by atoms with E-state index in [1.807, 2.05) is 42.5 Å². The first-order valence-corrected chi connectivity index (χ1v) is 8.87. The number of para-hydroxylation sites is 2. The zero-order valence-electron chi connectivity index (χ0n) is 14.5. The molecule has 1 aromatic heterocycles. The highest BCUT2D eigenvalue weighted by atomic mass is 35.5. The highest BCUT2D eigenvalue weighted by molar-refractivity contribution is 7.99. The molecular formula is C19H18ClN3O3S. The summed E-state index contributed by atoms with van der Waals surface area (Å²) in [6.45, 7) is 0. The van der Waals surface area contributed by atoms with Crippen LogP contribution in [0.15, 0.2) is 70.6 Å². The first kappa shape index (κ1) is 20.5. The molecule has 140 valence electrons. The van der Waals surface area contributed by atoms with Gasteiger partial charge in [0, 0.05) is 11.6 Å². The fraction of sp³-hybridized carbons (Fsp3) is 0.105. The second kappa shape index (κ2) is 9.80. The van der Waals surface area contributed by atoms with Crippen LogP contribution in [0.3, 0.4) is 0 Å². The van der Waals surface area contributed by atoms with Crippen molar-refractivity contribution in [1.82, 2.24) is 9.97 Å². The first-order chi connectivity index (χ1) is 12.7. The molecule has 1 heterocycles. The summed E-state index contributed by atoms with van der Waals surface area (Å²) in [6.07, 6.45) is 0. The van der Waals surface area contributed by atoms with Gasteiger partial charge in [0.05, 0.1) is 24.2 Å². The number of aromatic amines is 1. The van der Waals surface area contributed by atoms with E-state index < -0.39 is 0 Å². The Bertz CT molecular complexity index is 964. The Morgan fingerprint density at radius 1 is 1.15 bits per heavy atom. The lowest BCUT2D eigenvalue weighted by atomic mass is 10.1. The molecule has 6 nitrogen and oxygen atoms in total. The molecule has 0 bridgehead atoms. The maximum absolute atomic E-state index is 12.2. The molecule has 1 amide bonds. The van der Waals surface area contributed by atoms with Crippen LogP contribution in [0.1, 0.15) is 0 Å². The van der Waals surface area contributed by atoms with Crippen molar-refractivity contribution in [3.63, 3.8) is 0 Å². The molecule has 2 N–H and O–H groups in total. The maximum atomic E-state index is 12.2. The van der Waals surface area contributed by atoms with Crippen molar-refractivity contribution in [2.45, 2.75) is 5.16 Å². The molecule has 0 fully saturated rings. The fourth-order valence-electron chi connectivity index (χ4n) is 2.33. The minimum atomic E-state index is -0.258. The van der Waals surface area contributed by atoms with E-state index in [9.17, 15) is 9.59 Å². The quantitative estimate of drug-likeness (QED) is 0.485. The van der Waals surface area contributed by atoms with Gasteiger partial charge in [0.2, 0.25) is 5.91 Å². The summed E-state index contributed by atoms with van der Waals surface area (Å²) in [6, 6.07) is 18.0. The lowest BCUT2D eigenvalue weighted by molar-refractivity contribution is -0.113. The average Bonchev–Trinajstić information content (AvgIpc) is 2.67. The van der Waals surface area contributed by atoms with Crippen molar-refractivity contribution < 1.29 is 9.53 Å². The zero-order valence-corrected chi connectivity index (χ0v) is 16.1. The molecule has 0 aliphatic heterocycles. The van der Waals surface area contributed by atoms with Gasteiger partial charge in [0.15, 0.2) is 5.16 Å². The van der Waals surface area contributed by atoms with Crippen molar-refractivity contribution in [3.05, 3.63) is 71.0 Å². The first-order valence-electron chi connectivity index (χ1n) is 7.88. The van der Waals surface area contributed by atoms with E-state index >= 15 is 0 Å². The summed E-state index contributed by atoms with van der Waals surface area (Å²) in [5.74, 6) is 0.481. The average molecular weight is 404 g/mol. The third-order valence-corrected chi connectivity index (χ3v) is 4.38. The van der Waals surface area contributed by atoms with Gasteiger partial charge in [-0.3, -0.25) is 9.59 Å². The smallest absolute Gasteiger partial charge is 0.252 e. The number of hydrogen-bond acceptors (Lipinski definition) is 5. The van der Waals surface area contributed by atoms with Crippen molar-refractivity contribution in [2.24, 2.45) is 0 Å². The van der Waals surface area contributed by atoms with E-state index in [2.05, 4.69) is 15.3 Å². The van der Waals surface area contributed by atoms with Crippen LogP contribution in [-0.4, -0.2) is 28.7 Å². The van der Waals surface area contributed by atoms with Crippen molar-refractivity contribution in [3.8, 4) is 17.0 Å². The predicted molar refractivity (Wildman–Crippen MR) is 110 cm³/mol. The molecule has 3 rings (SSSR count). The number of ether oxygens (including phenoxy) is 1. The molecule has 0 aliphatic carbocycles. The predicted octanol–water partition coefficient (Wildman–Crippen LogP) is 3.60. The second-order valence-corrected chi connectivity index (χ2v) is 6.30. The lowest BCUT2D eigenvalue weighted by Crippen LogP contribution is -2.16. The standard InChI is InChI=1S/C19H17N3O3S.ClH/c1-25-16-10-6-5-9-14(16)20-18(24)12-26-19-21-15(11-17(23)22-19)13-7-3-2-4-8-13;/h2-11H,12H2,1H3,(H,20,24)(H,21,22,23);1H. The lowest BCUT2D eigenvalue weighted by Gasteiger charge is -2.09. The van der Waals surface area contributed by atoms with Crippen LogP contribution in [0.4, 0.5) is 5.69 Å². The number of hydrogen-bond donors (Lipinski definition) is 2. The number of amides is 1. The van der Waals surface area contributed by atoms with Gasteiger partial charge in [-0.1, -0.05) is 54.2 Å². The number of H-pyrrole nitrogens is 1. The molecule has 0 spiro atoms. The summed E-state index contributed by atoms with van der Waals surface area (Å²) in [5.41, 5.74) is 1.76. The highest BCUT2D eigenvalue weighted by Crippen LogP contribution is 2.24. The molecule has 0 aliphatic rings. The van der Waals surface area contributed by atoms with Gasteiger partial charge in [-0.25, -0.2) is 4.98 Å². The van der Waals surface area contributed by atoms with Crippen LogP contribution >= 0.6 is 24.2 Å². The Morgan fingerprint density at radius 3 is 2.59 bits per heavy atom. The fourth-order valence-corrected chi connectivity index (χ4v) is 3.00. The van der Waals surface area contributed by atoms with Gasteiger partial charge in [-0.15, -0.1) is 12.4 Å². The summed E-state index contributed by atoms with van der Waals surface area (Å²) in [5, 5.41) is 3.18. The Labute approximate surface area is 166 Å².